The van der Waals surface area contributed by atoms with Gasteiger partial charge in [-0.3, -0.25) is 14.9 Å². The molecule has 1 aromatic heterocycles. The van der Waals surface area contributed by atoms with Crippen molar-refractivity contribution in [3.05, 3.63) is 58.2 Å². The molecule has 108 valence electrons. The summed E-state index contributed by atoms with van der Waals surface area (Å²) in [6.45, 7) is 0. The zero-order chi connectivity index (χ0) is 15.4. The fourth-order valence-corrected chi connectivity index (χ4v) is 1.60. The number of ether oxygens (including phenoxy) is 1. The van der Waals surface area contributed by atoms with Crippen LogP contribution >= 0.6 is 0 Å². The van der Waals surface area contributed by atoms with Crippen molar-refractivity contribution in [2.45, 2.75) is 0 Å². The molecule has 1 aromatic carbocycles. The van der Waals surface area contributed by atoms with Crippen molar-refractivity contribution in [2.24, 2.45) is 0 Å². The summed E-state index contributed by atoms with van der Waals surface area (Å²) in [5, 5.41) is 13.4. The monoisotopic (exact) mass is 291 g/mol. The molecule has 0 fully saturated rings. The van der Waals surface area contributed by atoms with E-state index in [1.54, 1.807) is 0 Å². The van der Waals surface area contributed by atoms with Gasteiger partial charge < -0.3 is 10.1 Å². The van der Waals surface area contributed by atoms with Crippen LogP contribution in [0.5, 0.6) is 5.75 Å². The molecule has 0 aliphatic heterocycles. The third-order valence-corrected chi connectivity index (χ3v) is 2.64. The summed E-state index contributed by atoms with van der Waals surface area (Å²) < 4.78 is 17.6. The lowest BCUT2D eigenvalue weighted by Gasteiger charge is -2.07. The second-order valence-electron chi connectivity index (χ2n) is 3.96. The highest BCUT2D eigenvalue weighted by Crippen LogP contribution is 2.29. The largest absolute Gasteiger partial charge is 0.496 e. The molecule has 0 spiro atoms. The molecule has 0 unspecified atom stereocenters. The van der Waals surface area contributed by atoms with Gasteiger partial charge in [0.15, 0.2) is 0 Å². The fourth-order valence-electron chi connectivity index (χ4n) is 1.60. The van der Waals surface area contributed by atoms with Crippen LogP contribution in [0, 0.1) is 16.1 Å². The number of methoxy groups -OCH3 is 1. The predicted octanol–water partition coefficient (Wildman–Crippen LogP) is 2.39. The van der Waals surface area contributed by atoms with E-state index in [-0.39, 0.29) is 16.9 Å². The first-order valence-electron chi connectivity index (χ1n) is 5.76. The van der Waals surface area contributed by atoms with E-state index < -0.39 is 16.8 Å². The Morgan fingerprint density at radius 1 is 1.38 bits per heavy atom. The molecule has 0 atom stereocenters. The smallest absolute Gasteiger partial charge is 0.296 e. The number of carbonyl (C=O) groups excluding carboxylic acids is 1. The molecule has 0 saturated carbocycles. The molecular formula is C13H10FN3O4. The number of nitro groups is 1. The van der Waals surface area contributed by atoms with Crippen molar-refractivity contribution in [2.75, 3.05) is 12.4 Å². The topological polar surface area (TPSA) is 94.4 Å². The highest BCUT2D eigenvalue weighted by molar-refractivity contribution is 6.05. The summed E-state index contributed by atoms with van der Waals surface area (Å²) in [5.41, 5.74) is -0.214. The molecule has 0 saturated heterocycles. The van der Waals surface area contributed by atoms with E-state index in [2.05, 4.69) is 10.3 Å². The van der Waals surface area contributed by atoms with Gasteiger partial charge in [0.25, 0.3) is 11.6 Å². The number of halogens is 1. The van der Waals surface area contributed by atoms with E-state index in [1.807, 2.05) is 0 Å². The van der Waals surface area contributed by atoms with Crippen LogP contribution in [0.4, 0.5) is 15.8 Å². The molecule has 0 aliphatic rings. The fraction of sp³-hybridized carbons (Fsp3) is 0.0769. The Morgan fingerprint density at radius 2 is 2.14 bits per heavy atom. The minimum absolute atomic E-state index is 0.00938. The lowest BCUT2D eigenvalue weighted by Crippen LogP contribution is -2.13. The minimum atomic E-state index is -0.720. The first-order chi connectivity index (χ1) is 10.0. The van der Waals surface area contributed by atoms with Crippen molar-refractivity contribution in [1.82, 2.24) is 4.98 Å². The van der Waals surface area contributed by atoms with Crippen LogP contribution < -0.4 is 10.1 Å². The second kappa shape index (κ2) is 5.95. The molecule has 1 amide bonds. The molecule has 2 aromatic rings. The standard InChI is InChI=1S/C13H10FN3O4/c1-21-9-3-4-10(11(6-9)17(19)20)16-13(18)8-2-5-12(14)15-7-8/h2-7H,1H3,(H,16,18). The average Bonchev–Trinajstić information content (AvgIpc) is 2.48. The Hall–Kier alpha value is -3.03. The van der Waals surface area contributed by atoms with Crippen LogP contribution in [0.2, 0.25) is 0 Å². The summed E-state index contributed by atoms with van der Waals surface area (Å²) in [6, 6.07) is 6.28. The summed E-state index contributed by atoms with van der Waals surface area (Å²) in [6.07, 6.45) is 1.04. The number of hydrogen-bond acceptors (Lipinski definition) is 5. The summed E-state index contributed by atoms with van der Waals surface area (Å²) in [5.74, 6) is -1.05. The van der Waals surface area contributed by atoms with E-state index in [0.717, 1.165) is 12.3 Å². The third kappa shape index (κ3) is 3.30. The Balaban J connectivity index is 2.28. The number of rotatable bonds is 4. The molecule has 0 bridgehead atoms. The van der Waals surface area contributed by atoms with Gasteiger partial charge in [-0.15, -0.1) is 0 Å². The molecule has 1 heterocycles. The van der Waals surface area contributed by atoms with Crippen LogP contribution in [-0.4, -0.2) is 22.9 Å². The molecule has 0 aliphatic carbocycles. The molecule has 2 rings (SSSR count). The highest BCUT2D eigenvalue weighted by atomic mass is 19.1. The molecule has 1 N–H and O–H groups in total. The number of pyridine rings is 1. The van der Waals surface area contributed by atoms with Gasteiger partial charge in [-0.1, -0.05) is 0 Å². The number of nitro benzene ring substituents is 1. The van der Waals surface area contributed by atoms with Gasteiger partial charge in [-0.05, 0) is 24.3 Å². The first kappa shape index (κ1) is 14.4. The van der Waals surface area contributed by atoms with Crippen LogP contribution in [0.15, 0.2) is 36.5 Å². The zero-order valence-corrected chi connectivity index (χ0v) is 10.9. The molecular weight excluding hydrogens is 281 g/mol. The number of hydrogen-bond donors (Lipinski definition) is 1. The lowest BCUT2D eigenvalue weighted by molar-refractivity contribution is -0.384. The number of anilines is 1. The Morgan fingerprint density at radius 3 is 2.71 bits per heavy atom. The lowest BCUT2D eigenvalue weighted by atomic mass is 10.2. The van der Waals surface area contributed by atoms with Gasteiger partial charge >= 0.3 is 0 Å². The molecule has 8 heteroatoms. The van der Waals surface area contributed by atoms with Gasteiger partial charge in [0.2, 0.25) is 5.95 Å². The normalized spacial score (nSPS) is 10.0. The van der Waals surface area contributed by atoms with Crippen molar-refractivity contribution in [1.29, 1.82) is 0 Å². The predicted molar refractivity (Wildman–Crippen MR) is 71.8 cm³/mol. The maximum absolute atomic E-state index is 12.7. The Labute approximate surface area is 118 Å². The highest BCUT2D eigenvalue weighted by Gasteiger charge is 2.18. The summed E-state index contributed by atoms with van der Waals surface area (Å²) >= 11 is 0. The van der Waals surface area contributed by atoms with Gasteiger partial charge in [0.05, 0.1) is 23.7 Å². The van der Waals surface area contributed by atoms with E-state index in [4.69, 9.17) is 4.74 Å². The quantitative estimate of drug-likeness (QED) is 0.530. The van der Waals surface area contributed by atoms with E-state index in [0.29, 0.717) is 5.75 Å². The van der Waals surface area contributed by atoms with Gasteiger partial charge in [-0.2, -0.15) is 4.39 Å². The molecule has 0 radical (unpaired) electrons. The van der Waals surface area contributed by atoms with Crippen LogP contribution in [0.3, 0.4) is 0 Å². The zero-order valence-electron chi connectivity index (χ0n) is 10.9. The van der Waals surface area contributed by atoms with Crippen molar-refractivity contribution in [3.8, 4) is 5.75 Å². The third-order valence-electron chi connectivity index (χ3n) is 2.64. The summed E-state index contributed by atoms with van der Waals surface area (Å²) in [4.78, 5) is 25.6. The first-order valence-corrected chi connectivity index (χ1v) is 5.76. The van der Waals surface area contributed by atoms with Crippen LogP contribution in [0.25, 0.3) is 0 Å². The summed E-state index contributed by atoms with van der Waals surface area (Å²) in [7, 11) is 1.38. The van der Waals surface area contributed by atoms with Gasteiger partial charge in [-0.25, -0.2) is 4.98 Å². The number of carbonyl (C=O) groups is 1. The van der Waals surface area contributed by atoms with Gasteiger partial charge in [0.1, 0.15) is 11.4 Å². The Kier molecular flexibility index (Phi) is 4.07. The number of amides is 1. The maximum atomic E-state index is 12.7. The second-order valence-corrected chi connectivity index (χ2v) is 3.96. The molecule has 7 nitrogen and oxygen atoms in total. The van der Waals surface area contributed by atoms with Crippen molar-refractivity contribution < 1.29 is 18.8 Å². The van der Waals surface area contributed by atoms with Crippen LogP contribution in [0.1, 0.15) is 10.4 Å². The van der Waals surface area contributed by atoms with Crippen LogP contribution in [-0.2, 0) is 0 Å². The minimum Gasteiger partial charge on any atom is -0.496 e. The Bertz CT molecular complexity index is 688. The van der Waals surface area contributed by atoms with E-state index in [9.17, 15) is 19.3 Å². The number of benzene rings is 1. The number of nitrogens with one attached hydrogen (secondary N) is 1. The average molecular weight is 291 g/mol. The van der Waals surface area contributed by atoms with Crippen molar-refractivity contribution in [3.63, 3.8) is 0 Å². The van der Waals surface area contributed by atoms with Gasteiger partial charge in [0, 0.05) is 6.20 Å². The van der Waals surface area contributed by atoms with Crippen molar-refractivity contribution >= 4 is 17.3 Å². The number of nitrogens with zero attached hydrogens (tertiary/aromatic N) is 2. The number of aromatic nitrogens is 1. The maximum Gasteiger partial charge on any atom is 0.296 e. The molecule has 21 heavy (non-hydrogen) atoms. The van der Waals surface area contributed by atoms with E-state index >= 15 is 0 Å². The van der Waals surface area contributed by atoms with E-state index in [1.165, 1.54) is 31.4 Å². The SMILES string of the molecule is COc1ccc(NC(=O)c2ccc(F)nc2)c([N+](=O)[O-])c1.